The van der Waals surface area contributed by atoms with E-state index in [1.807, 2.05) is 0 Å². The lowest BCUT2D eigenvalue weighted by molar-refractivity contribution is 0.115. The van der Waals surface area contributed by atoms with Crippen LogP contribution in [0.4, 0.5) is 8.78 Å². The van der Waals surface area contributed by atoms with E-state index >= 15 is 0 Å². The van der Waals surface area contributed by atoms with E-state index in [0.717, 1.165) is 43.8 Å². The number of rotatable bonds is 4. The van der Waals surface area contributed by atoms with Crippen LogP contribution in [0.15, 0.2) is 28.9 Å². The van der Waals surface area contributed by atoms with Crippen LogP contribution < -0.4 is 0 Å². The second-order valence-electron chi connectivity index (χ2n) is 5.70. The highest BCUT2D eigenvalue weighted by Gasteiger charge is 2.20. The maximum Gasteiger partial charge on any atom is 0.226 e. The van der Waals surface area contributed by atoms with Gasteiger partial charge in [0.2, 0.25) is 5.89 Å². The predicted octanol–water partition coefficient (Wildman–Crippen LogP) is 2.82. The van der Waals surface area contributed by atoms with Gasteiger partial charge in [0.25, 0.3) is 0 Å². The minimum atomic E-state index is -0.918. The van der Waals surface area contributed by atoms with Crippen molar-refractivity contribution >= 4 is 0 Å². The van der Waals surface area contributed by atoms with Crippen molar-refractivity contribution in [1.82, 2.24) is 9.88 Å². The molecule has 1 aromatic heterocycles. The number of piperidine rings is 1. The Morgan fingerprint density at radius 3 is 2.95 bits per heavy atom. The average Bonchev–Trinajstić information content (AvgIpc) is 2.98. The van der Waals surface area contributed by atoms with Gasteiger partial charge in [0.1, 0.15) is 6.26 Å². The number of aromatic nitrogens is 1. The van der Waals surface area contributed by atoms with Crippen molar-refractivity contribution in [3.8, 4) is 11.5 Å². The average molecular weight is 308 g/mol. The molecular formula is C16H18F2N2O2. The molecule has 2 heterocycles. The lowest BCUT2D eigenvalue weighted by Crippen LogP contribution is -2.36. The van der Waals surface area contributed by atoms with Gasteiger partial charge in [-0.2, -0.15) is 0 Å². The molecule has 1 aliphatic heterocycles. The number of aliphatic hydroxyl groups is 1. The maximum atomic E-state index is 13.3. The van der Waals surface area contributed by atoms with Crippen LogP contribution in [0.5, 0.6) is 0 Å². The molecule has 0 saturated carbocycles. The summed E-state index contributed by atoms with van der Waals surface area (Å²) in [5, 5.41) is 9.25. The van der Waals surface area contributed by atoms with Gasteiger partial charge in [-0.15, -0.1) is 0 Å². The van der Waals surface area contributed by atoms with Crippen molar-refractivity contribution in [1.29, 1.82) is 0 Å². The van der Waals surface area contributed by atoms with E-state index in [0.29, 0.717) is 18.0 Å². The molecule has 1 aliphatic rings. The second-order valence-corrected chi connectivity index (χ2v) is 5.70. The SMILES string of the molecule is OCC1CCCN(Cc2coc(-c3ccc(F)c(F)c3)n2)C1. The summed E-state index contributed by atoms with van der Waals surface area (Å²) < 4.78 is 31.6. The number of benzene rings is 1. The third kappa shape index (κ3) is 3.34. The van der Waals surface area contributed by atoms with Crippen molar-refractivity contribution in [2.45, 2.75) is 19.4 Å². The first-order chi connectivity index (χ1) is 10.7. The van der Waals surface area contributed by atoms with E-state index in [9.17, 15) is 13.9 Å². The normalized spacial score (nSPS) is 19.5. The van der Waals surface area contributed by atoms with E-state index in [1.165, 1.54) is 6.07 Å². The summed E-state index contributed by atoms with van der Waals surface area (Å²) in [5.41, 5.74) is 1.16. The molecular weight excluding hydrogens is 290 g/mol. The molecule has 1 aromatic carbocycles. The molecule has 0 radical (unpaired) electrons. The van der Waals surface area contributed by atoms with Gasteiger partial charge in [-0.1, -0.05) is 0 Å². The third-order valence-electron chi connectivity index (χ3n) is 3.97. The van der Waals surface area contributed by atoms with Crippen LogP contribution >= 0.6 is 0 Å². The number of nitrogens with zero attached hydrogens (tertiary/aromatic N) is 2. The topological polar surface area (TPSA) is 49.5 Å². The van der Waals surface area contributed by atoms with Gasteiger partial charge in [0.15, 0.2) is 11.6 Å². The number of hydrogen-bond acceptors (Lipinski definition) is 4. The number of halogens is 2. The highest BCUT2D eigenvalue weighted by molar-refractivity contribution is 5.53. The van der Waals surface area contributed by atoms with Crippen LogP contribution in [0.1, 0.15) is 18.5 Å². The fourth-order valence-electron chi connectivity index (χ4n) is 2.81. The Bertz CT molecular complexity index is 645. The van der Waals surface area contributed by atoms with Gasteiger partial charge >= 0.3 is 0 Å². The van der Waals surface area contributed by atoms with E-state index in [2.05, 4.69) is 9.88 Å². The summed E-state index contributed by atoms with van der Waals surface area (Å²) in [6.07, 6.45) is 3.64. The maximum absolute atomic E-state index is 13.3. The van der Waals surface area contributed by atoms with Crippen LogP contribution in [-0.2, 0) is 6.54 Å². The zero-order chi connectivity index (χ0) is 15.5. The standard InChI is InChI=1S/C16H18F2N2O2/c17-14-4-3-12(6-15(14)18)16-19-13(10-22-16)8-20-5-1-2-11(7-20)9-21/h3-4,6,10-11,21H,1-2,5,7-9H2. The monoisotopic (exact) mass is 308 g/mol. The molecule has 0 bridgehead atoms. The molecule has 1 fully saturated rings. The van der Waals surface area contributed by atoms with Crippen molar-refractivity contribution < 1.29 is 18.3 Å². The van der Waals surface area contributed by atoms with E-state index < -0.39 is 11.6 Å². The Balaban J connectivity index is 1.69. The molecule has 22 heavy (non-hydrogen) atoms. The van der Waals surface area contributed by atoms with E-state index in [4.69, 9.17) is 4.42 Å². The molecule has 0 aliphatic carbocycles. The highest BCUT2D eigenvalue weighted by Crippen LogP contribution is 2.23. The van der Waals surface area contributed by atoms with Gasteiger partial charge in [0, 0.05) is 25.3 Å². The smallest absolute Gasteiger partial charge is 0.226 e. The molecule has 1 atom stereocenters. The number of oxazole rings is 1. The van der Waals surface area contributed by atoms with Crippen LogP contribution in [0.25, 0.3) is 11.5 Å². The summed E-state index contributed by atoms with van der Waals surface area (Å²) in [5.74, 6) is -1.21. The minimum absolute atomic E-state index is 0.204. The Morgan fingerprint density at radius 2 is 2.18 bits per heavy atom. The molecule has 1 N–H and O–H groups in total. The number of hydrogen-bond donors (Lipinski definition) is 1. The molecule has 1 saturated heterocycles. The Hall–Kier alpha value is -1.79. The Labute approximate surface area is 127 Å². The molecule has 118 valence electrons. The highest BCUT2D eigenvalue weighted by atomic mass is 19.2. The van der Waals surface area contributed by atoms with Gasteiger partial charge in [-0.3, -0.25) is 4.90 Å². The van der Waals surface area contributed by atoms with Crippen LogP contribution in [0.3, 0.4) is 0 Å². The fourth-order valence-corrected chi connectivity index (χ4v) is 2.81. The largest absolute Gasteiger partial charge is 0.444 e. The van der Waals surface area contributed by atoms with Gasteiger partial charge < -0.3 is 9.52 Å². The van der Waals surface area contributed by atoms with Crippen LogP contribution in [0.2, 0.25) is 0 Å². The summed E-state index contributed by atoms with van der Waals surface area (Å²) >= 11 is 0. The molecule has 4 nitrogen and oxygen atoms in total. The fraction of sp³-hybridized carbons (Fsp3) is 0.438. The Morgan fingerprint density at radius 1 is 1.32 bits per heavy atom. The molecule has 0 amide bonds. The van der Waals surface area contributed by atoms with Crippen LogP contribution in [-0.4, -0.2) is 34.7 Å². The number of likely N-dealkylation sites (tertiary alicyclic amines) is 1. The summed E-state index contributed by atoms with van der Waals surface area (Å²) in [6, 6.07) is 3.58. The quantitative estimate of drug-likeness (QED) is 0.943. The minimum Gasteiger partial charge on any atom is -0.444 e. The molecule has 1 unspecified atom stereocenters. The van der Waals surface area contributed by atoms with Crippen LogP contribution in [0, 0.1) is 17.6 Å². The van der Waals surface area contributed by atoms with Crippen molar-refractivity contribution in [3.63, 3.8) is 0 Å². The van der Waals surface area contributed by atoms with Crippen molar-refractivity contribution in [3.05, 3.63) is 41.8 Å². The van der Waals surface area contributed by atoms with Crippen molar-refractivity contribution in [2.75, 3.05) is 19.7 Å². The predicted molar refractivity (Wildman–Crippen MR) is 76.9 cm³/mol. The van der Waals surface area contributed by atoms with Crippen molar-refractivity contribution in [2.24, 2.45) is 5.92 Å². The molecule has 3 rings (SSSR count). The van der Waals surface area contributed by atoms with E-state index in [-0.39, 0.29) is 12.5 Å². The first-order valence-electron chi connectivity index (χ1n) is 7.38. The third-order valence-corrected chi connectivity index (χ3v) is 3.97. The lowest BCUT2D eigenvalue weighted by atomic mass is 9.99. The zero-order valence-corrected chi connectivity index (χ0v) is 12.1. The van der Waals surface area contributed by atoms with Gasteiger partial charge in [-0.05, 0) is 43.5 Å². The molecule has 0 spiro atoms. The first-order valence-corrected chi connectivity index (χ1v) is 7.38. The summed E-state index contributed by atoms with van der Waals surface area (Å²) in [4.78, 5) is 6.56. The summed E-state index contributed by atoms with van der Waals surface area (Å²) in [6.45, 7) is 2.63. The lowest BCUT2D eigenvalue weighted by Gasteiger charge is -2.30. The molecule has 6 heteroatoms. The Kier molecular flexibility index (Phi) is 4.49. The van der Waals surface area contributed by atoms with E-state index in [1.54, 1.807) is 6.26 Å². The first kappa shape index (κ1) is 15.1. The zero-order valence-electron chi connectivity index (χ0n) is 12.1. The number of aliphatic hydroxyl groups excluding tert-OH is 1. The summed E-state index contributed by atoms with van der Waals surface area (Å²) in [7, 11) is 0. The molecule has 2 aromatic rings. The van der Waals surface area contributed by atoms with Gasteiger partial charge in [-0.25, -0.2) is 13.8 Å². The second kappa shape index (κ2) is 6.54. The van der Waals surface area contributed by atoms with Gasteiger partial charge in [0.05, 0.1) is 5.69 Å².